The van der Waals surface area contributed by atoms with Crippen LogP contribution in [0.3, 0.4) is 0 Å². The van der Waals surface area contributed by atoms with Gasteiger partial charge >= 0.3 is 18.4 Å². The number of cyclic esters (lactones) is 1. The topological polar surface area (TPSA) is 107 Å². The highest BCUT2D eigenvalue weighted by atomic mass is 19.4. The summed E-state index contributed by atoms with van der Waals surface area (Å²) in [5.41, 5.74) is 1.47. The molecule has 47 heavy (non-hydrogen) atoms. The fourth-order valence-corrected chi connectivity index (χ4v) is 6.21. The molecule has 3 aliphatic rings. The molecule has 2 fully saturated rings. The lowest BCUT2D eigenvalue weighted by molar-refractivity contribution is -0.153. The number of benzene rings is 2. The van der Waals surface area contributed by atoms with Crippen molar-refractivity contribution >= 4 is 23.8 Å². The molecule has 3 amide bonds. The van der Waals surface area contributed by atoms with Crippen LogP contribution in [0.1, 0.15) is 70.4 Å². The van der Waals surface area contributed by atoms with Crippen LogP contribution in [-0.4, -0.2) is 72.7 Å². The fourth-order valence-electron chi connectivity index (χ4n) is 6.21. The number of rotatable bonds is 8. The van der Waals surface area contributed by atoms with Gasteiger partial charge in [-0.05, 0) is 71.4 Å². The number of para-hydroxylation sites is 1. The molecule has 1 aliphatic carbocycles. The lowest BCUT2D eigenvalue weighted by atomic mass is 9.93. The Labute approximate surface area is 272 Å². The molecule has 0 unspecified atom stereocenters. The standard InChI is InChI=1S/C34H42F3N3O7/c1-33(2,3)47-31(42)38-24-9-12-26(13-10-24)46-27-11-8-22(29(19-27)45-21-34(35,36)37)18-30(41)39-16-14-25(15-17-39)40-28-7-5-4-6-23(28)20-44-32(40)43/h4-8,11,19,24-26H,9-10,12-18,20-21H2,1-3H3,(H,38,42). The number of alkyl carbamates (subject to hydrolysis) is 1. The highest BCUT2D eigenvalue weighted by Gasteiger charge is 2.35. The Hall–Kier alpha value is -4.16. The Morgan fingerprint density at radius 3 is 2.36 bits per heavy atom. The molecule has 1 N–H and O–H groups in total. The van der Waals surface area contributed by atoms with Gasteiger partial charge in [-0.3, -0.25) is 9.69 Å². The van der Waals surface area contributed by atoms with Gasteiger partial charge in [0.05, 0.1) is 18.2 Å². The van der Waals surface area contributed by atoms with Gasteiger partial charge in [0.1, 0.15) is 23.7 Å². The van der Waals surface area contributed by atoms with Crippen LogP contribution in [0.2, 0.25) is 0 Å². The number of anilines is 1. The zero-order valence-corrected chi connectivity index (χ0v) is 26.9. The molecule has 1 saturated heterocycles. The number of halogens is 3. The number of hydrogen-bond donors (Lipinski definition) is 1. The molecule has 10 nitrogen and oxygen atoms in total. The summed E-state index contributed by atoms with van der Waals surface area (Å²) < 4.78 is 61.3. The van der Waals surface area contributed by atoms with Crippen molar-refractivity contribution in [2.24, 2.45) is 0 Å². The zero-order valence-electron chi connectivity index (χ0n) is 26.9. The van der Waals surface area contributed by atoms with Crippen molar-refractivity contribution in [3.63, 3.8) is 0 Å². The Morgan fingerprint density at radius 1 is 0.979 bits per heavy atom. The van der Waals surface area contributed by atoms with E-state index in [9.17, 15) is 27.6 Å². The lowest BCUT2D eigenvalue weighted by Crippen LogP contribution is -2.50. The van der Waals surface area contributed by atoms with E-state index in [1.54, 1.807) is 42.7 Å². The largest absolute Gasteiger partial charge is 0.490 e. The number of alkyl halides is 3. The normalized spacial score (nSPS) is 20.6. The summed E-state index contributed by atoms with van der Waals surface area (Å²) in [6.07, 6.45) is -2.11. The van der Waals surface area contributed by atoms with E-state index < -0.39 is 30.6 Å². The summed E-state index contributed by atoms with van der Waals surface area (Å²) in [5, 5.41) is 2.88. The van der Waals surface area contributed by atoms with Crippen LogP contribution in [0.4, 0.5) is 28.4 Å². The molecule has 1 saturated carbocycles. The van der Waals surface area contributed by atoms with Gasteiger partial charge in [-0.1, -0.05) is 24.3 Å². The molecule has 0 atom stereocenters. The SMILES string of the molecule is CC(C)(C)OC(=O)NC1CCC(Oc2ccc(CC(=O)N3CCC(N4C(=O)OCc5ccccc54)CC3)c(OCC(F)(F)F)c2)CC1. The Bertz CT molecular complexity index is 1430. The smallest absolute Gasteiger partial charge is 0.422 e. The second-order valence-corrected chi connectivity index (χ2v) is 13.3. The summed E-state index contributed by atoms with van der Waals surface area (Å²) in [7, 11) is 0. The van der Waals surface area contributed by atoms with Crippen LogP contribution in [0.25, 0.3) is 0 Å². The van der Waals surface area contributed by atoms with Gasteiger partial charge in [-0.2, -0.15) is 13.2 Å². The third-order valence-corrected chi connectivity index (χ3v) is 8.45. The number of hydrogen-bond acceptors (Lipinski definition) is 7. The number of piperidine rings is 1. The molecule has 0 aromatic heterocycles. The van der Waals surface area contributed by atoms with Crippen LogP contribution in [-0.2, 0) is 27.3 Å². The van der Waals surface area contributed by atoms with E-state index in [4.69, 9.17) is 18.9 Å². The van der Waals surface area contributed by atoms with Crippen molar-refractivity contribution in [2.75, 3.05) is 24.6 Å². The third kappa shape index (κ3) is 9.45. The molecule has 0 spiro atoms. The first-order chi connectivity index (χ1) is 22.2. The number of carbonyl (C=O) groups excluding carboxylic acids is 3. The number of nitrogens with one attached hydrogen (secondary N) is 1. The van der Waals surface area contributed by atoms with E-state index >= 15 is 0 Å². The van der Waals surface area contributed by atoms with Gasteiger partial charge in [0.15, 0.2) is 6.61 Å². The predicted octanol–water partition coefficient (Wildman–Crippen LogP) is 6.53. The van der Waals surface area contributed by atoms with Crippen molar-refractivity contribution in [3.05, 3.63) is 53.6 Å². The number of likely N-dealkylation sites (tertiary alicyclic amines) is 1. The van der Waals surface area contributed by atoms with Crippen molar-refractivity contribution in [3.8, 4) is 11.5 Å². The average molecular weight is 662 g/mol. The Morgan fingerprint density at radius 2 is 1.68 bits per heavy atom. The minimum atomic E-state index is -4.56. The van der Waals surface area contributed by atoms with E-state index in [1.807, 2.05) is 24.3 Å². The second kappa shape index (κ2) is 14.3. The molecule has 2 aliphatic heterocycles. The maximum Gasteiger partial charge on any atom is 0.422 e. The molecule has 0 radical (unpaired) electrons. The second-order valence-electron chi connectivity index (χ2n) is 13.3. The summed E-state index contributed by atoms with van der Waals surface area (Å²) in [6.45, 7) is 4.89. The number of fused-ring (bicyclic) bond motifs is 1. The van der Waals surface area contributed by atoms with E-state index in [1.165, 1.54) is 6.07 Å². The summed E-state index contributed by atoms with van der Waals surface area (Å²) >= 11 is 0. The Kier molecular flexibility index (Phi) is 10.4. The monoisotopic (exact) mass is 661 g/mol. The molecule has 2 aromatic rings. The van der Waals surface area contributed by atoms with E-state index in [2.05, 4.69) is 5.32 Å². The molecule has 13 heteroatoms. The summed E-state index contributed by atoms with van der Waals surface area (Å²) in [4.78, 5) is 41.4. The van der Waals surface area contributed by atoms with Crippen LogP contribution in [0.15, 0.2) is 42.5 Å². The van der Waals surface area contributed by atoms with Gasteiger partial charge in [-0.15, -0.1) is 0 Å². The first-order valence-corrected chi connectivity index (χ1v) is 16.0. The number of ether oxygens (including phenoxy) is 4. The predicted molar refractivity (Wildman–Crippen MR) is 166 cm³/mol. The summed E-state index contributed by atoms with van der Waals surface area (Å²) in [6, 6.07) is 12.0. The quantitative estimate of drug-likeness (QED) is 0.343. The van der Waals surface area contributed by atoms with Gasteiger partial charge in [0.25, 0.3) is 0 Å². The van der Waals surface area contributed by atoms with Crippen molar-refractivity contribution < 1.29 is 46.5 Å². The fraction of sp³-hybridized carbons (Fsp3) is 0.559. The maximum atomic E-state index is 13.3. The van der Waals surface area contributed by atoms with Crippen LogP contribution in [0.5, 0.6) is 11.5 Å². The Balaban J connectivity index is 1.17. The number of carbonyl (C=O) groups is 3. The van der Waals surface area contributed by atoms with E-state index in [0.29, 0.717) is 62.9 Å². The first-order valence-electron chi connectivity index (χ1n) is 16.0. The molecule has 2 aromatic carbocycles. The van der Waals surface area contributed by atoms with Crippen molar-refractivity contribution in [1.82, 2.24) is 10.2 Å². The summed E-state index contributed by atoms with van der Waals surface area (Å²) in [5.74, 6) is 0.0406. The van der Waals surface area contributed by atoms with Gasteiger partial charge in [0.2, 0.25) is 5.91 Å². The van der Waals surface area contributed by atoms with Crippen LogP contribution >= 0.6 is 0 Å². The highest BCUT2D eigenvalue weighted by molar-refractivity contribution is 5.91. The molecule has 256 valence electrons. The zero-order chi connectivity index (χ0) is 33.8. The van der Waals surface area contributed by atoms with E-state index in [0.717, 1.165) is 11.3 Å². The minimum Gasteiger partial charge on any atom is -0.490 e. The van der Waals surface area contributed by atoms with Gasteiger partial charge < -0.3 is 29.2 Å². The highest BCUT2D eigenvalue weighted by Crippen LogP contribution is 2.33. The van der Waals surface area contributed by atoms with Gasteiger partial charge in [0, 0.05) is 42.4 Å². The molecular weight excluding hydrogens is 619 g/mol. The maximum absolute atomic E-state index is 13.3. The molecule has 2 heterocycles. The van der Waals surface area contributed by atoms with Crippen molar-refractivity contribution in [2.45, 2.75) is 102 Å². The average Bonchev–Trinajstić information content (AvgIpc) is 3.01. The molecule has 5 rings (SSSR count). The molecule has 0 bridgehead atoms. The van der Waals surface area contributed by atoms with Crippen LogP contribution < -0.4 is 19.7 Å². The van der Waals surface area contributed by atoms with Gasteiger partial charge in [-0.25, -0.2) is 9.59 Å². The lowest BCUT2D eigenvalue weighted by Gasteiger charge is -2.40. The van der Waals surface area contributed by atoms with Crippen LogP contribution in [0, 0.1) is 0 Å². The third-order valence-electron chi connectivity index (χ3n) is 8.45. The molecular formula is C34H42F3N3O7. The number of nitrogens with zero attached hydrogens (tertiary/aromatic N) is 2. The number of amides is 3. The van der Waals surface area contributed by atoms with Crippen molar-refractivity contribution in [1.29, 1.82) is 0 Å². The first kappa shape index (κ1) is 34.2. The van der Waals surface area contributed by atoms with E-state index in [-0.39, 0.29) is 42.9 Å². The minimum absolute atomic E-state index is 0.0571.